The standard InChI is InChI=1S/C17H18N4O4/c1-11-9-21(13-5-3-2-4-6-13)16(24)10-20(11)15(23)8-12-7-14(22)18-19-17(12)25/h2-7,11H,8-10H2,1H3,(H,18,22)(H,19,25)/t11-/m1/s1. The van der Waals surface area contributed by atoms with Crippen molar-refractivity contribution in [2.75, 3.05) is 18.0 Å². The van der Waals surface area contributed by atoms with Gasteiger partial charge in [0.25, 0.3) is 11.1 Å². The molecule has 1 saturated heterocycles. The van der Waals surface area contributed by atoms with Crippen LogP contribution in [0.15, 0.2) is 46.0 Å². The SMILES string of the molecule is C[C@@H]1CN(c2ccccc2)C(=O)CN1C(=O)Cc1cc(=O)[nH][nH]c1=O. The molecular weight excluding hydrogens is 324 g/mol. The zero-order valence-electron chi connectivity index (χ0n) is 13.7. The third-order valence-electron chi connectivity index (χ3n) is 4.21. The molecule has 1 aliphatic rings. The molecule has 1 aromatic carbocycles. The van der Waals surface area contributed by atoms with Crippen molar-refractivity contribution in [1.82, 2.24) is 15.1 Å². The minimum absolute atomic E-state index is 0.0595. The number of anilines is 1. The summed E-state index contributed by atoms with van der Waals surface area (Å²) in [6.07, 6.45) is -0.220. The molecular formula is C17H18N4O4. The lowest BCUT2D eigenvalue weighted by Gasteiger charge is -2.39. The highest BCUT2D eigenvalue weighted by Crippen LogP contribution is 2.20. The first-order valence-electron chi connectivity index (χ1n) is 7.91. The van der Waals surface area contributed by atoms with E-state index in [0.29, 0.717) is 6.54 Å². The van der Waals surface area contributed by atoms with Crippen LogP contribution in [0.1, 0.15) is 12.5 Å². The van der Waals surface area contributed by atoms with Crippen LogP contribution in [0, 0.1) is 0 Å². The van der Waals surface area contributed by atoms with E-state index in [1.165, 1.54) is 4.90 Å². The Hall–Kier alpha value is -3.16. The van der Waals surface area contributed by atoms with Crippen LogP contribution in [0.5, 0.6) is 0 Å². The monoisotopic (exact) mass is 342 g/mol. The highest BCUT2D eigenvalue weighted by Gasteiger charge is 2.33. The van der Waals surface area contributed by atoms with E-state index in [1.807, 2.05) is 37.3 Å². The Morgan fingerprint density at radius 1 is 1.16 bits per heavy atom. The first kappa shape index (κ1) is 16.7. The molecule has 130 valence electrons. The van der Waals surface area contributed by atoms with Gasteiger partial charge in [-0.15, -0.1) is 0 Å². The maximum atomic E-state index is 12.5. The molecule has 1 aromatic heterocycles. The summed E-state index contributed by atoms with van der Waals surface area (Å²) in [4.78, 5) is 51.1. The number of benzene rings is 1. The third kappa shape index (κ3) is 3.52. The number of H-pyrrole nitrogens is 2. The Morgan fingerprint density at radius 2 is 1.88 bits per heavy atom. The van der Waals surface area contributed by atoms with Crippen molar-refractivity contribution in [2.45, 2.75) is 19.4 Å². The lowest BCUT2D eigenvalue weighted by atomic mass is 10.1. The average molecular weight is 342 g/mol. The van der Waals surface area contributed by atoms with Crippen LogP contribution in [0.2, 0.25) is 0 Å². The van der Waals surface area contributed by atoms with Crippen LogP contribution in [0.4, 0.5) is 5.69 Å². The van der Waals surface area contributed by atoms with E-state index in [1.54, 1.807) is 4.90 Å². The van der Waals surface area contributed by atoms with Crippen LogP contribution in [-0.4, -0.2) is 46.0 Å². The summed E-state index contributed by atoms with van der Waals surface area (Å²) >= 11 is 0. The van der Waals surface area contributed by atoms with E-state index in [-0.39, 0.29) is 36.4 Å². The molecule has 1 atom stereocenters. The number of para-hydroxylation sites is 1. The number of nitrogens with zero attached hydrogens (tertiary/aromatic N) is 2. The molecule has 25 heavy (non-hydrogen) atoms. The molecule has 2 aromatic rings. The van der Waals surface area contributed by atoms with E-state index in [9.17, 15) is 19.2 Å². The van der Waals surface area contributed by atoms with Crippen molar-refractivity contribution in [3.63, 3.8) is 0 Å². The fourth-order valence-electron chi connectivity index (χ4n) is 2.90. The molecule has 1 fully saturated rings. The Morgan fingerprint density at radius 3 is 2.60 bits per heavy atom. The van der Waals surface area contributed by atoms with Crippen LogP contribution in [0.3, 0.4) is 0 Å². The summed E-state index contributed by atoms with van der Waals surface area (Å²) in [6, 6.07) is 10.2. The molecule has 0 spiro atoms. The first-order valence-corrected chi connectivity index (χ1v) is 7.91. The van der Waals surface area contributed by atoms with Crippen molar-refractivity contribution in [2.24, 2.45) is 0 Å². The zero-order valence-corrected chi connectivity index (χ0v) is 13.7. The van der Waals surface area contributed by atoms with Crippen LogP contribution in [0.25, 0.3) is 0 Å². The van der Waals surface area contributed by atoms with E-state index in [2.05, 4.69) is 10.2 Å². The summed E-state index contributed by atoms with van der Waals surface area (Å²) in [5, 5.41) is 4.34. The summed E-state index contributed by atoms with van der Waals surface area (Å²) in [7, 11) is 0. The smallest absolute Gasteiger partial charge is 0.266 e. The number of carbonyl (C=O) groups is 2. The molecule has 0 aliphatic carbocycles. The number of amides is 2. The molecule has 0 saturated carbocycles. The molecule has 0 radical (unpaired) electrons. The van der Waals surface area contributed by atoms with E-state index >= 15 is 0 Å². The molecule has 2 heterocycles. The van der Waals surface area contributed by atoms with Gasteiger partial charge >= 0.3 is 0 Å². The van der Waals surface area contributed by atoms with Gasteiger partial charge in [-0.25, -0.2) is 0 Å². The van der Waals surface area contributed by atoms with Crippen molar-refractivity contribution < 1.29 is 9.59 Å². The number of aromatic nitrogens is 2. The number of piperazine rings is 1. The summed E-state index contributed by atoms with van der Waals surface area (Å²) in [5.41, 5.74) is -0.133. The van der Waals surface area contributed by atoms with Gasteiger partial charge in [0.15, 0.2) is 0 Å². The highest BCUT2D eigenvalue weighted by atomic mass is 16.2. The Labute approximate surface area is 143 Å². The average Bonchev–Trinajstić information content (AvgIpc) is 2.60. The van der Waals surface area contributed by atoms with Crippen LogP contribution >= 0.6 is 0 Å². The largest absolute Gasteiger partial charge is 0.329 e. The third-order valence-corrected chi connectivity index (χ3v) is 4.21. The van der Waals surface area contributed by atoms with Crippen molar-refractivity contribution in [1.29, 1.82) is 0 Å². The highest BCUT2D eigenvalue weighted by molar-refractivity contribution is 5.98. The molecule has 2 amide bonds. The maximum Gasteiger partial charge on any atom is 0.266 e. The minimum Gasteiger partial charge on any atom is -0.329 e. The van der Waals surface area contributed by atoms with Crippen LogP contribution in [-0.2, 0) is 16.0 Å². The van der Waals surface area contributed by atoms with Crippen molar-refractivity contribution in [3.05, 3.63) is 62.7 Å². The van der Waals surface area contributed by atoms with Crippen LogP contribution < -0.4 is 16.0 Å². The first-order chi connectivity index (χ1) is 12.0. The molecule has 8 nitrogen and oxygen atoms in total. The molecule has 0 unspecified atom stereocenters. The van der Waals surface area contributed by atoms with Gasteiger partial charge in [-0.05, 0) is 19.1 Å². The molecule has 2 N–H and O–H groups in total. The zero-order chi connectivity index (χ0) is 18.0. The topological polar surface area (TPSA) is 106 Å². The maximum absolute atomic E-state index is 12.5. The molecule has 1 aliphatic heterocycles. The van der Waals surface area contributed by atoms with Crippen molar-refractivity contribution >= 4 is 17.5 Å². The van der Waals surface area contributed by atoms with Gasteiger partial charge in [-0.1, -0.05) is 18.2 Å². The second-order valence-electron chi connectivity index (χ2n) is 6.00. The lowest BCUT2D eigenvalue weighted by Crippen LogP contribution is -2.57. The van der Waals surface area contributed by atoms with Crippen molar-refractivity contribution in [3.8, 4) is 0 Å². The molecule has 0 bridgehead atoms. The Bertz CT molecular complexity index is 903. The second kappa shape index (κ2) is 6.76. The van der Waals surface area contributed by atoms with Gasteiger partial charge < -0.3 is 9.80 Å². The Balaban J connectivity index is 1.75. The lowest BCUT2D eigenvalue weighted by molar-refractivity contribution is -0.138. The number of carbonyl (C=O) groups excluding carboxylic acids is 2. The quantitative estimate of drug-likeness (QED) is 0.810. The molecule has 3 rings (SSSR count). The van der Waals surface area contributed by atoms with Gasteiger partial charge in [0.2, 0.25) is 11.8 Å². The van der Waals surface area contributed by atoms with E-state index in [0.717, 1.165) is 11.8 Å². The normalized spacial score (nSPS) is 17.6. The Kier molecular flexibility index (Phi) is 4.51. The van der Waals surface area contributed by atoms with Gasteiger partial charge in [0.1, 0.15) is 6.54 Å². The second-order valence-corrected chi connectivity index (χ2v) is 6.00. The van der Waals surface area contributed by atoms with E-state index < -0.39 is 11.1 Å². The number of hydrogen-bond donors (Lipinski definition) is 2. The fourth-order valence-corrected chi connectivity index (χ4v) is 2.90. The summed E-state index contributed by atoms with van der Waals surface area (Å²) < 4.78 is 0. The fraction of sp³-hybridized carbons (Fsp3) is 0.294. The van der Waals surface area contributed by atoms with Gasteiger partial charge in [-0.2, -0.15) is 0 Å². The van der Waals surface area contributed by atoms with Gasteiger partial charge in [0.05, 0.1) is 6.42 Å². The predicted molar refractivity (Wildman–Crippen MR) is 91.4 cm³/mol. The van der Waals surface area contributed by atoms with E-state index in [4.69, 9.17) is 0 Å². The van der Waals surface area contributed by atoms with Gasteiger partial charge in [0, 0.05) is 29.9 Å². The number of rotatable bonds is 3. The number of nitrogens with one attached hydrogen (secondary N) is 2. The predicted octanol–water partition coefficient (Wildman–Crippen LogP) is -0.130. The summed E-state index contributed by atoms with van der Waals surface area (Å²) in [6.45, 7) is 2.17. The van der Waals surface area contributed by atoms with Gasteiger partial charge in [-0.3, -0.25) is 29.4 Å². The summed E-state index contributed by atoms with van der Waals surface area (Å²) in [5.74, 6) is -0.540. The number of hydrogen-bond acceptors (Lipinski definition) is 4. The molecule has 8 heteroatoms. The minimum atomic E-state index is -0.519. The number of aromatic amines is 2.